The highest BCUT2D eigenvalue weighted by atomic mass is 19.2. The fourth-order valence-corrected chi connectivity index (χ4v) is 3.08. The van der Waals surface area contributed by atoms with Crippen LogP contribution in [0.4, 0.5) is 8.78 Å². The minimum atomic E-state index is -0.787. The van der Waals surface area contributed by atoms with Gasteiger partial charge in [-0.1, -0.05) is 25.8 Å². The van der Waals surface area contributed by atoms with Crippen LogP contribution in [0.15, 0.2) is 18.2 Å². The second kappa shape index (κ2) is 7.14. The molecular weight excluding hydrogens is 258 g/mol. The SMILES string of the molecule is CCCCC1CC(N)CN(Cc2ccc(F)c(F)c2)C1. The van der Waals surface area contributed by atoms with Crippen molar-refractivity contribution in [1.29, 1.82) is 0 Å². The minimum Gasteiger partial charge on any atom is -0.327 e. The zero-order chi connectivity index (χ0) is 14.5. The summed E-state index contributed by atoms with van der Waals surface area (Å²) < 4.78 is 26.2. The van der Waals surface area contributed by atoms with Crippen molar-refractivity contribution >= 4 is 0 Å². The third kappa shape index (κ3) is 4.25. The average Bonchev–Trinajstić information content (AvgIpc) is 2.40. The number of hydrogen-bond donors (Lipinski definition) is 1. The van der Waals surface area contributed by atoms with Crippen LogP contribution >= 0.6 is 0 Å². The van der Waals surface area contributed by atoms with Gasteiger partial charge >= 0.3 is 0 Å². The number of nitrogens with zero attached hydrogens (tertiary/aromatic N) is 1. The van der Waals surface area contributed by atoms with Crippen LogP contribution in [0.3, 0.4) is 0 Å². The third-order valence-electron chi connectivity index (χ3n) is 4.00. The Morgan fingerprint density at radius 3 is 2.75 bits per heavy atom. The second-order valence-corrected chi connectivity index (χ2v) is 5.95. The summed E-state index contributed by atoms with van der Waals surface area (Å²) in [7, 11) is 0. The van der Waals surface area contributed by atoms with Gasteiger partial charge in [-0.05, 0) is 36.5 Å². The Balaban J connectivity index is 1.95. The molecule has 2 unspecified atom stereocenters. The first-order valence-electron chi connectivity index (χ1n) is 7.50. The van der Waals surface area contributed by atoms with Gasteiger partial charge in [0.15, 0.2) is 11.6 Å². The van der Waals surface area contributed by atoms with Gasteiger partial charge in [0.2, 0.25) is 0 Å². The molecule has 1 aliphatic heterocycles. The van der Waals surface area contributed by atoms with Crippen LogP contribution in [0.1, 0.15) is 38.2 Å². The number of nitrogens with two attached hydrogens (primary N) is 1. The molecule has 4 heteroatoms. The van der Waals surface area contributed by atoms with Gasteiger partial charge in [0.05, 0.1) is 0 Å². The van der Waals surface area contributed by atoms with Crippen LogP contribution in [-0.4, -0.2) is 24.0 Å². The van der Waals surface area contributed by atoms with Crippen LogP contribution in [0, 0.1) is 17.6 Å². The van der Waals surface area contributed by atoms with E-state index < -0.39 is 11.6 Å². The van der Waals surface area contributed by atoms with E-state index in [2.05, 4.69) is 11.8 Å². The van der Waals surface area contributed by atoms with Gasteiger partial charge in [0, 0.05) is 25.7 Å². The molecule has 0 saturated carbocycles. The lowest BCUT2D eigenvalue weighted by Crippen LogP contribution is -2.46. The lowest BCUT2D eigenvalue weighted by atomic mass is 9.90. The van der Waals surface area contributed by atoms with E-state index in [1.807, 2.05) is 0 Å². The normalized spacial score (nSPS) is 24.0. The van der Waals surface area contributed by atoms with E-state index in [0.29, 0.717) is 12.5 Å². The smallest absolute Gasteiger partial charge is 0.159 e. The summed E-state index contributed by atoms with van der Waals surface area (Å²) >= 11 is 0. The molecule has 1 aliphatic rings. The predicted octanol–water partition coefficient (Wildman–Crippen LogP) is 3.30. The maximum Gasteiger partial charge on any atom is 0.159 e. The molecule has 0 aromatic heterocycles. The van der Waals surface area contributed by atoms with Crippen molar-refractivity contribution in [2.24, 2.45) is 11.7 Å². The molecule has 0 bridgehead atoms. The van der Waals surface area contributed by atoms with Gasteiger partial charge in [-0.2, -0.15) is 0 Å². The molecule has 2 rings (SSSR count). The molecule has 0 radical (unpaired) electrons. The Labute approximate surface area is 120 Å². The largest absolute Gasteiger partial charge is 0.327 e. The lowest BCUT2D eigenvalue weighted by molar-refractivity contribution is 0.142. The van der Waals surface area contributed by atoms with Crippen LogP contribution in [-0.2, 0) is 6.54 Å². The molecule has 0 spiro atoms. The first-order valence-corrected chi connectivity index (χ1v) is 7.50. The van der Waals surface area contributed by atoms with Crippen molar-refractivity contribution in [3.8, 4) is 0 Å². The first kappa shape index (κ1) is 15.4. The first-order chi connectivity index (χ1) is 9.58. The summed E-state index contributed by atoms with van der Waals surface area (Å²) in [6, 6.07) is 4.33. The van der Waals surface area contributed by atoms with Crippen molar-refractivity contribution in [3.63, 3.8) is 0 Å². The molecule has 1 fully saturated rings. The highest BCUT2D eigenvalue weighted by Crippen LogP contribution is 2.23. The van der Waals surface area contributed by atoms with Gasteiger partial charge in [-0.25, -0.2) is 8.78 Å². The Morgan fingerprint density at radius 2 is 2.05 bits per heavy atom. The van der Waals surface area contributed by atoms with Gasteiger partial charge in [0.1, 0.15) is 0 Å². The maximum absolute atomic E-state index is 13.2. The van der Waals surface area contributed by atoms with Gasteiger partial charge < -0.3 is 5.73 Å². The van der Waals surface area contributed by atoms with Crippen molar-refractivity contribution in [2.75, 3.05) is 13.1 Å². The Hall–Kier alpha value is -1.00. The number of piperidine rings is 1. The van der Waals surface area contributed by atoms with Gasteiger partial charge in [-0.3, -0.25) is 4.90 Å². The van der Waals surface area contributed by atoms with Crippen LogP contribution in [0.5, 0.6) is 0 Å². The number of hydrogen-bond acceptors (Lipinski definition) is 2. The van der Waals surface area contributed by atoms with Crippen molar-refractivity contribution in [2.45, 2.75) is 45.2 Å². The summed E-state index contributed by atoms with van der Waals surface area (Å²) in [6.45, 7) is 4.68. The monoisotopic (exact) mass is 282 g/mol. The van der Waals surface area contributed by atoms with Crippen molar-refractivity contribution in [1.82, 2.24) is 4.90 Å². The maximum atomic E-state index is 13.2. The molecule has 2 atom stereocenters. The molecule has 20 heavy (non-hydrogen) atoms. The summed E-state index contributed by atoms with van der Waals surface area (Å²) in [6.07, 6.45) is 4.72. The van der Waals surface area contributed by atoms with E-state index >= 15 is 0 Å². The van der Waals surface area contributed by atoms with Crippen molar-refractivity contribution < 1.29 is 8.78 Å². The molecule has 1 heterocycles. The van der Waals surface area contributed by atoms with Gasteiger partial charge in [0.25, 0.3) is 0 Å². The average molecular weight is 282 g/mol. The second-order valence-electron chi connectivity index (χ2n) is 5.95. The Morgan fingerprint density at radius 1 is 1.25 bits per heavy atom. The quantitative estimate of drug-likeness (QED) is 0.898. The number of unbranched alkanes of at least 4 members (excludes halogenated alkanes) is 1. The summed E-state index contributed by atoms with van der Waals surface area (Å²) in [5.74, 6) is -0.930. The van der Waals surface area contributed by atoms with Crippen LogP contribution in [0.25, 0.3) is 0 Å². The predicted molar refractivity (Wildman–Crippen MR) is 77.2 cm³/mol. The number of halogens is 2. The van der Waals surface area contributed by atoms with E-state index in [1.54, 1.807) is 6.07 Å². The molecule has 0 amide bonds. The van der Waals surface area contributed by atoms with E-state index in [1.165, 1.54) is 31.4 Å². The molecule has 1 saturated heterocycles. The summed E-state index contributed by atoms with van der Waals surface area (Å²) in [4.78, 5) is 2.27. The standard InChI is InChI=1S/C16H24F2N2/c1-2-3-4-12-7-14(19)11-20(9-12)10-13-5-6-15(17)16(18)8-13/h5-6,8,12,14H,2-4,7,9-11,19H2,1H3. The van der Waals surface area contributed by atoms with E-state index in [9.17, 15) is 8.78 Å². The summed E-state index contributed by atoms with van der Waals surface area (Å²) in [5.41, 5.74) is 6.93. The highest BCUT2D eigenvalue weighted by Gasteiger charge is 2.24. The molecule has 1 aromatic rings. The minimum absolute atomic E-state index is 0.191. The molecule has 2 N–H and O–H groups in total. The number of likely N-dealkylation sites (tertiary alicyclic amines) is 1. The fraction of sp³-hybridized carbons (Fsp3) is 0.625. The molecule has 0 aliphatic carbocycles. The molecular formula is C16H24F2N2. The van der Waals surface area contributed by atoms with E-state index in [4.69, 9.17) is 5.73 Å². The topological polar surface area (TPSA) is 29.3 Å². The van der Waals surface area contributed by atoms with Crippen molar-refractivity contribution in [3.05, 3.63) is 35.4 Å². The lowest BCUT2D eigenvalue weighted by Gasteiger charge is -2.36. The Kier molecular flexibility index (Phi) is 5.49. The van der Waals surface area contributed by atoms with E-state index in [0.717, 1.165) is 25.1 Å². The third-order valence-corrected chi connectivity index (χ3v) is 4.00. The highest BCUT2D eigenvalue weighted by molar-refractivity contribution is 5.17. The number of benzene rings is 1. The Bertz CT molecular complexity index is 436. The molecule has 2 nitrogen and oxygen atoms in total. The van der Waals surface area contributed by atoms with E-state index in [-0.39, 0.29) is 6.04 Å². The van der Waals surface area contributed by atoms with Crippen LogP contribution in [0.2, 0.25) is 0 Å². The van der Waals surface area contributed by atoms with Crippen LogP contribution < -0.4 is 5.73 Å². The summed E-state index contributed by atoms with van der Waals surface area (Å²) in [5, 5.41) is 0. The molecule has 1 aromatic carbocycles. The number of rotatable bonds is 5. The fourth-order valence-electron chi connectivity index (χ4n) is 3.08. The zero-order valence-electron chi connectivity index (χ0n) is 12.1. The zero-order valence-corrected chi connectivity index (χ0v) is 12.1. The molecule has 112 valence electrons. The van der Waals surface area contributed by atoms with Gasteiger partial charge in [-0.15, -0.1) is 0 Å².